The summed E-state index contributed by atoms with van der Waals surface area (Å²) >= 11 is 1.61. The minimum absolute atomic E-state index is 0.00124. The summed E-state index contributed by atoms with van der Waals surface area (Å²) in [6.45, 7) is 0. The normalized spacial score (nSPS) is 13.4. The van der Waals surface area contributed by atoms with Crippen LogP contribution in [0.3, 0.4) is 0 Å². The average Bonchev–Trinajstić information content (AvgIpc) is 2.90. The van der Waals surface area contributed by atoms with Crippen molar-refractivity contribution < 1.29 is 13.2 Å². The van der Waals surface area contributed by atoms with E-state index in [1.54, 1.807) is 11.3 Å². The number of benzene rings is 1. The van der Waals surface area contributed by atoms with Crippen molar-refractivity contribution in [1.29, 1.82) is 0 Å². The number of hydrogen-bond acceptors (Lipinski definition) is 3. The lowest BCUT2D eigenvalue weighted by Crippen LogP contribution is -2.38. The highest BCUT2D eigenvalue weighted by Gasteiger charge is 2.29. The molecule has 1 aromatic heterocycles. The summed E-state index contributed by atoms with van der Waals surface area (Å²) in [7, 11) is 0. The van der Waals surface area contributed by atoms with Crippen molar-refractivity contribution in [2.75, 3.05) is 0 Å². The van der Waals surface area contributed by atoms with Crippen molar-refractivity contribution in [3.05, 3.63) is 57.8 Å². The Morgan fingerprint density at radius 1 is 1.05 bits per heavy atom. The van der Waals surface area contributed by atoms with Crippen LogP contribution in [0.25, 0.3) is 0 Å². The highest BCUT2D eigenvalue weighted by atomic mass is 32.1. The largest absolute Gasteiger partial charge is 0.416 e. The lowest BCUT2D eigenvalue weighted by Gasteiger charge is -2.16. The van der Waals surface area contributed by atoms with Crippen LogP contribution < -0.4 is 11.3 Å². The van der Waals surface area contributed by atoms with Gasteiger partial charge in [-0.2, -0.15) is 24.5 Å². The molecular weight excluding hydrogens is 285 g/mol. The maximum Gasteiger partial charge on any atom is 0.416 e. The van der Waals surface area contributed by atoms with Crippen LogP contribution in [0.5, 0.6) is 0 Å². The molecule has 0 spiro atoms. The van der Waals surface area contributed by atoms with Crippen molar-refractivity contribution in [3.8, 4) is 0 Å². The number of hydrazine groups is 1. The van der Waals surface area contributed by atoms with Crippen molar-refractivity contribution in [1.82, 2.24) is 5.43 Å². The van der Waals surface area contributed by atoms with Crippen LogP contribution in [0.4, 0.5) is 13.2 Å². The Morgan fingerprint density at radius 2 is 1.70 bits per heavy atom. The molecule has 1 unspecified atom stereocenters. The van der Waals surface area contributed by atoms with Gasteiger partial charge in [0.2, 0.25) is 0 Å². The quantitative estimate of drug-likeness (QED) is 0.656. The molecule has 0 fully saturated rings. The van der Waals surface area contributed by atoms with Gasteiger partial charge in [-0.25, -0.2) is 0 Å². The van der Waals surface area contributed by atoms with Gasteiger partial charge in [0.05, 0.1) is 5.56 Å². The van der Waals surface area contributed by atoms with Gasteiger partial charge in [0.25, 0.3) is 0 Å². The van der Waals surface area contributed by atoms with E-state index < -0.39 is 11.7 Å². The Morgan fingerprint density at radius 3 is 2.20 bits per heavy atom. The zero-order valence-corrected chi connectivity index (χ0v) is 11.5. The molecule has 0 saturated carbocycles. The first-order valence-corrected chi connectivity index (χ1v) is 7.06. The second kappa shape index (κ2) is 6.39. The summed E-state index contributed by atoms with van der Waals surface area (Å²) in [6, 6.07) is 7.23. The Balaban J connectivity index is 2.01. The van der Waals surface area contributed by atoms with Crippen LogP contribution in [-0.4, -0.2) is 6.04 Å². The van der Waals surface area contributed by atoms with Gasteiger partial charge in [0.15, 0.2) is 0 Å². The predicted octanol–water partition coefficient (Wildman–Crippen LogP) is 3.38. The lowest BCUT2D eigenvalue weighted by molar-refractivity contribution is -0.137. The number of rotatable bonds is 5. The molecule has 0 aliphatic rings. The SMILES string of the molecule is NNC(Cc1ccc(C(F)(F)F)cc1)Cc1ccsc1. The highest BCUT2D eigenvalue weighted by Crippen LogP contribution is 2.29. The Labute approximate surface area is 119 Å². The van der Waals surface area contributed by atoms with Gasteiger partial charge < -0.3 is 0 Å². The van der Waals surface area contributed by atoms with Gasteiger partial charge in [0.1, 0.15) is 0 Å². The summed E-state index contributed by atoms with van der Waals surface area (Å²) in [5.41, 5.74) is 4.09. The minimum atomic E-state index is -4.29. The topological polar surface area (TPSA) is 38.0 Å². The summed E-state index contributed by atoms with van der Waals surface area (Å²) in [5.74, 6) is 5.51. The smallest absolute Gasteiger partial charge is 0.271 e. The number of nitrogens with two attached hydrogens (primary N) is 1. The molecule has 0 aliphatic carbocycles. The van der Waals surface area contributed by atoms with Crippen LogP contribution in [0.2, 0.25) is 0 Å². The maximum absolute atomic E-state index is 12.5. The maximum atomic E-state index is 12.5. The molecule has 2 aromatic rings. The third kappa shape index (κ3) is 4.06. The van der Waals surface area contributed by atoms with Gasteiger partial charge in [-0.15, -0.1) is 0 Å². The summed E-state index contributed by atoms with van der Waals surface area (Å²) < 4.78 is 37.4. The second-order valence-corrected chi connectivity index (χ2v) is 5.38. The molecule has 0 saturated heterocycles. The molecule has 20 heavy (non-hydrogen) atoms. The molecule has 2 rings (SSSR count). The number of hydrogen-bond donors (Lipinski definition) is 2. The van der Waals surface area contributed by atoms with Crippen molar-refractivity contribution >= 4 is 11.3 Å². The van der Waals surface area contributed by atoms with Crippen LogP contribution in [0, 0.1) is 0 Å². The lowest BCUT2D eigenvalue weighted by atomic mass is 10.00. The van der Waals surface area contributed by atoms with Gasteiger partial charge in [-0.05, 0) is 52.9 Å². The first kappa shape index (κ1) is 15.0. The zero-order chi connectivity index (χ0) is 14.6. The molecule has 1 heterocycles. The van der Waals surface area contributed by atoms with Gasteiger partial charge >= 0.3 is 6.18 Å². The van der Waals surface area contributed by atoms with Crippen molar-refractivity contribution in [2.24, 2.45) is 5.84 Å². The molecule has 108 valence electrons. The van der Waals surface area contributed by atoms with E-state index in [1.165, 1.54) is 17.7 Å². The van der Waals surface area contributed by atoms with E-state index >= 15 is 0 Å². The fourth-order valence-corrected chi connectivity index (χ4v) is 2.68. The first-order valence-electron chi connectivity index (χ1n) is 6.12. The van der Waals surface area contributed by atoms with Gasteiger partial charge in [-0.3, -0.25) is 11.3 Å². The Bertz CT molecular complexity index is 520. The Hall–Kier alpha value is -1.37. The van der Waals surface area contributed by atoms with E-state index in [0.717, 1.165) is 24.1 Å². The first-order chi connectivity index (χ1) is 9.49. The van der Waals surface area contributed by atoms with Gasteiger partial charge in [0, 0.05) is 6.04 Å². The van der Waals surface area contributed by atoms with Crippen LogP contribution in [-0.2, 0) is 19.0 Å². The molecule has 6 heteroatoms. The standard InChI is InChI=1S/C14H15F3N2S/c15-14(16,17)12-3-1-10(2-4-12)7-13(19-18)8-11-5-6-20-9-11/h1-6,9,13,19H,7-8,18H2. The van der Waals surface area contributed by atoms with E-state index in [-0.39, 0.29) is 6.04 Å². The third-order valence-electron chi connectivity index (χ3n) is 3.06. The number of halogens is 3. The average molecular weight is 300 g/mol. The molecule has 1 atom stereocenters. The number of alkyl halides is 3. The monoisotopic (exact) mass is 300 g/mol. The summed E-state index contributed by atoms with van der Waals surface area (Å²) in [6.07, 6.45) is -2.95. The van der Waals surface area contributed by atoms with Crippen molar-refractivity contribution in [2.45, 2.75) is 25.1 Å². The van der Waals surface area contributed by atoms with Crippen LogP contribution in [0.15, 0.2) is 41.1 Å². The third-order valence-corrected chi connectivity index (χ3v) is 3.79. The highest BCUT2D eigenvalue weighted by molar-refractivity contribution is 7.07. The summed E-state index contributed by atoms with van der Waals surface area (Å²) in [5, 5.41) is 4.03. The zero-order valence-electron chi connectivity index (χ0n) is 10.7. The second-order valence-electron chi connectivity index (χ2n) is 4.60. The molecule has 1 aromatic carbocycles. The predicted molar refractivity (Wildman–Crippen MR) is 74.3 cm³/mol. The molecule has 0 bridgehead atoms. The number of thiophene rings is 1. The van der Waals surface area contributed by atoms with E-state index in [0.29, 0.717) is 6.42 Å². The van der Waals surface area contributed by atoms with E-state index in [9.17, 15) is 13.2 Å². The van der Waals surface area contributed by atoms with E-state index in [4.69, 9.17) is 5.84 Å². The van der Waals surface area contributed by atoms with E-state index in [2.05, 4.69) is 5.43 Å². The minimum Gasteiger partial charge on any atom is -0.271 e. The van der Waals surface area contributed by atoms with E-state index in [1.807, 2.05) is 16.8 Å². The van der Waals surface area contributed by atoms with Crippen LogP contribution >= 0.6 is 11.3 Å². The summed E-state index contributed by atoms with van der Waals surface area (Å²) in [4.78, 5) is 0. The Kier molecular flexibility index (Phi) is 4.80. The fourth-order valence-electron chi connectivity index (χ4n) is 2.00. The molecule has 0 amide bonds. The molecule has 3 N–H and O–H groups in total. The van der Waals surface area contributed by atoms with Crippen molar-refractivity contribution in [3.63, 3.8) is 0 Å². The fraction of sp³-hybridized carbons (Fsp3) is 0.286. The number of nitrogens with one attached hydrogen (secondary N) is 1. The molecular formula is C14H15F3N2S. The molecule has 0 aliphatic heterocycles. The molecule has 0 radical (unpaired) electrons. The van der Waals surface area contributed by atoms with Crippen LogP contribution in [0.1, 0.15) is 16.7 Å². The molecule has 2 nitrogen and oxygen atoms in total. The van der Waals surface area contributed by atoms with Gasteiger partial charge in [-0.1, -0.05) is 12.1 Å².